The Morgan fingerprint density at radius 1 is 1.04 bits per heavy atom. The molecule has 2 heterocycles. The van der Waals surface area contributed by atoms with Gasteiger partial charge in [-0.15, -0.1) is 0 Å². The fourth-order valence-corrected chi connectivity index (χ4v) is 6.14. The Bertz CT molecular complexity index is 1810. The molecular weight excluding hydrogens is 595 g/mol. The van der Waals surface area contributed by atoms with Crippen LogP contribution < -0.4 is 20.1 Å². The molecule has 0 aliphatic carbocycles. The van der Waals surface area contributed by atoms with Gasteiger partial charge in [0, 0.05) is 36.1 Å². The summed E-state index contributed by atoms with van der Waals surface area (Å²) in [6.07, 6.45) is 3.37. The van der Waals surface area contributed by atoms with Crippen molar-refractivity contribution < 1.29 is 27.1 Å². The van der Waals surface area contributed by atoms with Gasteiger partial charge in [-0.3, -0.25) is 14.3 Å². The van der Waals surface area contributed by atoms with Crippen LogP contribution in [0.15, 0.2) is 72.6 Å². The van der Waals surface area contributed by atoms with Gasteiger partial charge >= 0.3 is 0 Å². The number of carbonyl (C=O) groups is 2. The molecule has 2 atom stereocenters. The Kier molecular flexibility index (Phi) is 8.75. The second kappa shape index (κ2) is 12.4. The Balaban J connectivity index is 1.54. The summed E-state index contributed by atoms with van der Waals surface area (Å²) in [6.45, 7) is 9.20. The number of carbonyl (C=O) groups excluding carboxylic acids is 2. The molecule has 0 fully saturated rings. The molecule has 9 nitrogen and oxygen atoms in total. The van der Waals surface area contributed by atoms with Gasteiger partial charge in [-0.25, -0.2) is 12.8 Å². The number of anilines is 2. The lowest BCUT2D eigenvalue weighted by molar-refractivity contribution is -0.130. The van der Waals surface area contributed by atoms with Crippen LogP contribution in [0.1, 0.15) is 48.9 Å². The number of hydrogen-bond acceptors (Lipinski definition) is 6. The molecule has 0 saturated carbocycles. The molecule has 45 heavy (non-hydrogen) atoms. The number of aryl methyl sites for hydroxylation is 2. The molecule has 5 rings (SSSR count). The lowest BCUT2D eigenvalue weighted by atomic mass is 9.85. The minimum atomic E-state index is -3.60. The first-order valence-corrected chi connectivity index (χ1v) is 16.4. The largest absolute Gasteiger partial charge is 0.456 e. The zero-order valence-corrected chi connectivity index (χ0v) is 26.9. The first kappa shape index (κ1) is 31.8. The van der Waals surface area contributed by atoms with Gasteiger partial charge < -0.3 is 20.3 Å². The van der Waals surface area contributed by atoms with E-state index in [1.807, 2.05) is 24.3 Å². The highest BCUT2D eigenvalue weighted by molar-refractivity contribution is 7.92. The molecular formula is C34H37FN4O5S. The molecule has 3 aromatic carbocycles. The van der Waals surface area contributed by atoms with Crippen molar-refractivity contribution in [2.24, 2.45) is 5.92 Å². The van der Waals surface area contributed by atoms with Crippen molar-refractivity contribution >= 4 is 38.8 Å². The molecule has 0 saturated heterocycles. The number of sulfonamides is 1. The molecule has 2 aliphatic heterocycles. The van der Waals surface area contributed by atoms with E-state index in [4.69, 9.17) is 4.74 Å². The predicted molar refractivity (Wildman–Crippen MR) is 174 cm³/mol. The second-order valence-corrected chi connectivity index (χ2v) is 13.7. The maximum absolute atomic E-state index is 14.1. The molecule has 3 N–H and O–H groups in total. The standard InChI is InChI=1S/C34H37FN4O5S/c1-7-45(42,43)38-25-12-13-30(44-32-20(4)14-23(35)15-21(32)5)26(16-25)28-18-39(6)34(41)31-27(28)17-29(37-31)33(40)36-24-10-8-22(9-11-24)19(2)3/h8-19,27,31,37-38H,7H2,1-6H3,(H,36,40). The summed E-state index contributed by atoms with van der Waals surface area (Å²) in [6, 6.07) is 14.4. The number of rotatable bonds is 9. The zero-order chi connectivity index (χ0) is 32.6. The summed E-state index contributed by atoms with van der Waals surface area (Å²) in [5.41, 5.74) is 4.62. The third-order valence-corrected chi connectivity index (χ3v) is 9.29. The van der Waals surface area contributed by atoms with E-state index >= 15 is 0 Å². The minimum absolute atomic E-state index is 0.121. The maximum atomic E-state index is 14.1. The van der Waals surface area contributed by atoms with Crippen molar-refractivity contribution in [3.05, 3.63) is 101 Å². The first-order valence-electron chi connectivity index (χ1n) is 14.7. The fourth-order valence-electron chi connectivity index (χ4n) is 5.51. The smallest absolute Gasteiger partial charge is 0.271 e. The average molecular weight is 633 g/mol. The van der Waals surface area contributed by atoms with Gasteiger partial charge in [-0.2, -0.15) is 0 Å². The summed E-state index contributed by atoms with van der Waals surface area (Å²) >= 11 is 0. The highest BCUT2D eigenvalue weighted by atomic mass is 32.2. The number of ether oxygens (including phenoxy) is 1. The van der Waals surface area contributed by atoms with E-state index in [1.54, 1.807) is 51.4 Å². The lowest BCUT2D eigenvalue weighted by Gasteiger charge is -2.32. The van der Waals surface area contributed by atoms with Gasteiger partial charge in [0.25, 0.3) is 5.91 Å². The van der Waals surface area contributed by atoms with E-state index in [9.17, 15) is 22.4 Å². The van der Waals surface area contributed by atoms with Crippen molar-refractivity contribution in [1.82, 2.24) is 10.2 Å². The molecule has 11 heteroatoms. The Morgan fingerprint density at radius 3 is 2.31 bits per heavy atom. The van der Waals surface area contributed by atoms with Crippen molar-refractivity contribution in [1.29, 1.82) is 0 Å². The van der Waals surface area contributed by atoms with Crippen molar-refractivity contribution in [3.63, 3.8) is 0 Å². The topological polar surface area (TPSA) is 117 Å². The predicted octanol–water partition coefficient (Wildman–Crippen LogP) is 6.04. The molecule has 0 aromatic heterocycles. The molecule has 0 bridgehead atoms. The Labute approximate surface area is 263 Å². The highest BCUT2D eigenvalue weighted by Gasteiger charge is 2.42. The SMILES string of the molecule is CCS(=O)(=O)Nc1ccc(Oc2c(C)cc(F)cc2C)c(C2=CN(C)C(=O)C3NC(C(=O)Nc4ccc(C(C)C)cc4)=CC23)c1. The van der Waals surface area contributed by atoms with Crippen LogP contribution in [0.4, 0.5) is 15.8 Å². The zero-order valence-electron chi connectivity index (χ0n) is 26.1. The van der Waals surface area contributed by atoms with Gasteiger partial charge in [0.05, 0.1) is 11.4 Å². The van der Waals surface area contributed by atoms with E-state index in [2.05, 4.69) is 29.2 Å². The van der Waals surface area contributed by atoms with Crippen LogP contribution in [-0.2, 0) is 19.6 Å². The molecule has 236 valence electrons. The lowest BCUT2D eigenvalue weighted by Crippen LogP contribution is -2.47. The number of amides is 2. The van der Waals surface area contributed by atoms with Gasteiger partial charge in [0.2, 0.25) is 15.9 Å². The molecule has 2 unspecified atom stereocenters. The van der Waals surface area contributed by atoms with Gasteiger partial charge in [-0.1, -0.05) is 26.0 Å². The van der Waals surface area contributed by atoms with E-state index in [0.717, 1.165) is 5.56 Å². The summed E-state index contributed by atoms with van der Waals surface area (Å²) in [4.78, 5) is 28.1. The number of nitrogens with one attached hydrogen (secondary N) is 3. The molecule has 0 radical (unpaired) electrons. The van der Waals surface area contributed by atoms with Gasteiger partial charge in [0.15, 0.2) is 0 Å². The second-order valence-electron chi connectivity index (χ2n) is 11.7. The van der Waals surface area contributed by atoms with Crippen LogP contribution in [0.25, 0.3) is 5.57 Å². The number of nitrogens with zero attached hydrogens (tertiary/aromatic N) is 1. The molecule has 0 spiro atoms. The minimum Gasteiger partial charge on any atom is -0.456 e. The van der Waals surface area contributed by atoms with Crippen LogP contribution in [-0.4, -0.2) is 44.0 Å². The number of likely N-dealkylation sites (N-methyl/N-ethyl adjacent to an activating group) is 1. The average Bonchev–Trinajstić information content (AvgIpc) is 3.44. The third kappa shape index (κ3) is 6.73. The molecule has 3 aromatic rings. The highest BCUT2D eigenvalue weighted by Crippen LogP contribution is 2.43. The summed E-state index contributed by atoms with van der Waals surface area (Å²) in [5, 5.41) is 6.00. The monoisotopic (exact) mass is 632 g/mol. The van der Waals surface area contributed by atoms with Crippen molar-refractivity contribution in [2.45, 2.75) is 46.6 Å². The van der Waals surface area contributed by atoms with Crippen LogP contribution >= 0.6 is 0 Å². The van der Waals surface area contributed by atoms with E-state index in [1.165, 1.54) is 24.0 Å². The quantitative estimate of drug-likeness (QED) is 0.265. The molecule has 2 amide bonds. The summed E-state index contributed by atoms with van der Waals surface area (Å²) in [5.74, 6) is -0.528. The Morgan fingerprint density at radius 2 is 1.69 bits per heavy atom. The van der Waals surface area contributed by atoms with Crippen LogP contribution in [0.3, 0.4) is 0 Å². The number of benzene rings is 3. The number of hydrogen-bond donors (Lipinski definition) is 3. The maximum Gasteiger partial charge on any atom is 0.271 e. The van der Waals surface area contributed by atoms with Crippen LogP contribution in [0.5, 0.6) is 11.5 Å². The van der Waals surface area contributed by atoms with Gasteiger partial charge in [-0.05, 0) is 97.5 Å². The molecule has 2 aliphatic rings. The van der Waals surface area contributed by atoms with Crippen molar-refractivity contribution in [3.8, 4) is 11.5 Å². The van der Waals surface area contributed by atoms with E-state index in [0.29, 0.717) is 51.1 Å². The van der Waals surface area contributed by atoms with Crippen LogP contribution in [0.2, 0.25) is 0 Å². The van der Waals surface area contributed by atoms with Gasteiger partial charge in [0.1, 0.15) is 23.4 Å². The third-order valence-electron chi connectivity index (χ3n) is 7.98. The summed E-state index contributed by atoms with van der Waals surface area (Å²) in [7, 11) is -1.98. The summed E-state index contributed by atoms with van der Waals surface area (Å²) < 4.78 is 47.9. The normalized spacial score (nSPS) is 17.8. The van der Waals surface area contributed by atoms with Crippen molar-refractivity contribution in [2.75, 3.05) is 22.8 Å². The number of halogens is 1. The first-order chi connectivity index (χ1) is 21.3. The number of fused-ring (bicyclic) bond motifs is 1. The van der Waals surface area contributed by atoms with E-state index in [-0.39, 0.29) is 23.2 Å². The van der Waals surface area contributed by atoms with Crippen LogP contribution in [0, 0.1) is 25.6 Å². The Hall–Kier alpha value is -4.64. The van der Waals surface area contributed by atoms with E-state index < -0.39 is 27.9 Å². The fraction of sp³-hybridized carbons (Fsp3) is 0.294.